The maximum Gasteiger partial charge on any atom is 0.243 e. The van der Waals surface area contributed by atoms with E-state index in [0.717, 1.165) is 37.7 Å². The van der Waals surface area contributed by atoms with Gasteiger partial charge in [0, 0.05) is 6.54 Å². The Bertz CT molecular complexity index is 597. The van der Waals surface area contributed by atoms with E-state index in [-0.39, 0.29) is 12.1 Å². The van der Waals surface area contributed by atoms with Gasteiger partial charge in [0.1, 0.15) is 0 Å². The van der Waals surface area contributed by atoms with Crippen molar-refractivity contribution < 1.29 is 13.2 Å². The number of hydrogen-bond donors (Lipinski definition) is 0. The minimum absolute atomic E-state index is 0.0165. The van der Waals surface area contributed by atoms with Crippen molar-refractivity contribution >= 4 is 10.0 Å². The first-order valence-corrected chi connectivity index (χ1v) is 9.29. The van der Waals surface area contributed by atoms with E-state index in [1.165, 1.54) is 0 Å². The zero-order valence-corrected chi connectivity index (χ0v) is 13.3. The Morgan fingerprint density at radius 1 is 1.29 bits per heavy atom. The lowest BCUT2D eigenvalue weighted by molar-refractivity contribution is -0.0586. The van der Waals surface area contributed by atoms with Gasteiger partial charge in [0.15, 0.2) is 0 Å². The summed E-state index contributed by atoms with van der Waals surface area (Å²) in [4.78, 5) is 0.424. The van der Waals surface area contributed by atoms with Gasteiger partial charge >= 0.3 is 0 Å². The fraction of sp³-hybridized carbons (Fsp3) is 0.625. The van der Waals surface area contributed by atoms with Crippen LogP contribution in [0.5, 0.6) is 0 Å². The van der Waals surface area contributed by atoms with Gasteiger partial charge in [-0.25, -0.2) is 8.42 Å². The Morgan fingerprint density at radius 2 is 2.10 bits per heavy atom. The molecule has 3 rings (SSSR count). The minimum Gasteiger partial charge on any atom is -0.375 e. The van der Waals surface area contributed by atoms with Crippen LogP contribution in [0.3, 0.4) is 0 Å². The molecule has 0 unspecified atom stereocenters. The molecule has 4 nitrogen and oxygen atoms in total. The lowest BCUT2D eigenvalue weighted by atomic mass is 9.91. The maximum absolute atomic E-state index is 13.0. The van der Waals surface area contributed by atoms with E-state index in [1.54, 1.807) is 10.4 Å². The van der Waals surface area contributed by atoms with Crippen molar-refractivity contribution in [2.45, 2.75) is 56.1 Å². The van der Waals surface area contributed by atoms with E-state index in [9.17, 15) is 8.42 Å². The number of ether oxygens (including phenoxy) is 1. The summed E-state index contributed by atoms with van der Waals surface area (Å²) in [6.45, 7) is 3.02. The highest BCUT2D eigenvalue weighted by molar-refractivity contribution is 7.89. The van der Waals surface area contributed by atoms with Crippen LogP contribution in [0.4, 0.5) is 0 Å². The Kier molecular flexibility index (Phi) is 4.33. The van der Waals surface area contributed by atoms with Crippen molar-refractivity contribution in [3.63, 3.8) is 0 Å². The SMILES string of the molecule is CCc1cccc(S(=O)(=O)N2CCO[C@H]3CCCC[C@H]32)c1. The molecule has 0 N–H and O–H groups in total. The first-order chi connectivity index (χ1) is 10.1. The third-order valence-electron chi connectivity index (χ3n) is 4.59. The Morgan fingerprint density at radius 3 is 2.90 bits per heavy atom. The van der Waals surface area contributed by atoms with Crippen molar-refractivity contribution in [3.05, 3.63) is 29.8 Å². The average Bonchev–Trinajstić information content (AvgIpc) is 2.54. The second kappa shape index (κ2) is 6.07. The monoisotopic (exact) mass is 309 g/mol. The van der Waals surface area contributed by atoms with Gasteiger partial charge in [-0.3, -0.25) is 0 Å². The molecule has 116 valence electrons. The first kappa shape index (κ1) is 15.0. The Hall–Kier alpha value is -0.910. The number of hydrogen-bond acceptors (Lipinski definition) is 3. The van der Waals surface area contributed by atoms with Crippen molar-refractivity contribution in [1.29, 1.82) is 0 Å². The average molecular weight is 309 g/mol. The summed E-state index contributed by atoms with van der Waals surface area (Å²) in [6.07, 6.45) is 5.05. The molecule has 0 amide bonds. The molecule has 1 saturated carbocycles. The first-order valence-electron chi connectivity index (χ1n) is 7.85. The van der Waals surface area contributed by atoms with Gasteiger partial charge in [0.05, 0.1) is 23.6 Å². The van der Waals surface area contributed by atoms with E-state index in [4.69, 9.17) is 4.74 Å². The normalized spacial score (nSPS) is 27.3. The third kappa shape index (κ3) is 2.87. The van der Waals surface area contributed by atoms with Crippen LogP contribution in [0.25, 0.3) is 0 Å². The van der Waals surface area contributed by atoms with Gasteiger partial charge < -0.3 is 4.74 Å². The van der Waals surface area contributed by atoms with Crippen LogP contribution in [0, 0.1) is 0 Å². The summed E-state index contributed by atoms with van der Waals surface area (Å²) in [7, 11) is -3.41. The topological polar surface area (TPSA) is 46.6 Å². The minimum atomic E-state index is -3.41. The molecule has 1 aliphatic carbocycles. The van der Waals surface area contributed by atoms with Crippen LogP contribution < -0.4 is 0 Å². The van der Waals surface area contributed by atoms with Crippen molar-refractivity contribution in [3.8, 4) is 0 Å². The summed E-state index contributed by atoms with van der Waals surface area (Å²) in [5.41, 5.74) is 1.06. The molecule has 2 aliphatic rings. The maximum atomic E-state index is 13.0. The van der Waals surface area contributed by atoms with Crippen molar-refractivity contribution in [2.24, 2.45) is 0 Å². The largest absolute Gasteiger partial charge is 0.375 e. The zero-order chi connectivity index (χ0) is 14.9. The van der Waals surface area contributed by atoms with E-state index in [1.807, 2.05) is 25.1 Å². The molecular weight excluding hydrogens is 286 g/mol. The van der Waals surface area contributed by atoms with Crippen LogP contribution >= 0.6 is 0 Å². The van der Waals surface area contributed by atoms with E-state index in [0.29, 0.717) is 18.0 Å². The molecule has 1 aromatic rings. The van der Waals surface area contributed by atoms with Gasteiger partial charge in [0.25, 0.3) is 0 Å². The Labute approximate surface area is 127 Å². The molecule has 21 heavy (non-hydrogen) atoms. The van der Waals surface area contributed by atoms with Crippen LogP contribution in [-0.4, -0.2) is 38.0 Å². The molecule has 2 fully saturated rings. The molecule has 1 heterocycles. The molecule has 0 bridgehead atoms. The van der Waals surface area contributed by atoms with Gasteiger partial charge in [-0.1, -0.05) is 31.9 Å². The highest BCUT2D eigenvalue weighted by atomic mass is 32.2. The number of benzene rings is 1. The predicted octanol–water partition coefficient (Wildman–Crippen LogP) is 2.58. The number of sulfonamides is 1. The molecule has 0 aromatic heterocycles. The second-order valence-corrected chi connectivity index (χ2v) is 7.77. The summed E-state index contributed by atoms with van der Waals surface area (Å²) in [5, 5.41) is 0. The Balaban J connectivity index is 1.92. The molecule has 1 aromatic carbocycles. The molecule has 2 atom stereocenters. The van der Waals surface area contributed by atoms with Gasteiger partial charge in [-0.2, -0.15) is 4.31 Å². The highest BCUT2D eigenvalue weighted by Crippen LogP contribution is 2.32. The van der Waals surface area contributed by atoms with Gasteiger partial charge in [0.2, 0.25) is 10.0 Å². The number of rotatable bonds is 3. The summed E-state index contributed by atoms with van der Waals surface area (Å²) < 4.78 is 33.4. The predicted molar refractivity (Wildman–Crippen MR) is 81.7 cm³/mol. The van der Waals surface area contributed by atoms with E-state index in [2.05, 4.69) is 0 Å². The quantitative estimate of drug-likeness (QED) is 0.862. The van der Waals surface area contributed by atoms with Crippen molar-refractivity contribution in [1.82, 2.24) is 4.31 Å². The van der Waals surface area contributed by atoms with Gasteiger partial charge in [-0.15, -0.1) is 0 Å². The number of nitrogens with zero attached hydrogens (tertiary/aromatic N) is 1. The third-order valence-corrected chi connectivity index (χ3v) is 6.51. The summed E-state index contributed by atoms with van der Waals surface area (Å²) in [5.74, 6) is 0. The second-order valence-electron chi connectivity index (χ2n) is 5.88. The number of aryl methyl sites for hydroxylation is 1. The zero-order valence-electron chi connectivity index (χ0n) is 12.5. The van der Waals surface area contributed by atoms with Crippen LogP contribution in [0.2, 0.25) is 0 Å². The number of morpholine rings is 1. The fourth-order valence-electron chi connectivity index (χ4n) is 3.42. The lowest BCUT2D eigenvalue weighted by Gasteiger charge is -2.42. The van der Waals surface area contributed by atoms with E-state index >= 15 is 0 Å². The lowest BCUT2D eigenvalue weighted by Crippen LogP contribution is -2.54. The number of fused-ring (bicyclic) bond motifs is 1. The van der Waals surface area contributed by atoms with Crippen LogP contribution in [0.15, 0.2) is 29.2 Å². The molecule has 1 aliphatic heterocycles. The van der Waals surface area contributed by atoms with Crippen LogP contribution in [0.1, 0.15) is 38.2 Å². The summed E-state index contributed by atoms with van der Waals surface area (Å²) in [6, 6.07) is 7.35. The highest BCUT2D eigenvalue weighted by Gasteiger charge is 2.40. The van der Waals surface area contributed by atoms with Gasteiger partial charge in [-0.05, 0) is 37.0 Å². The standard InChI is InChI=1S/C16H23NO3S/c1-2-13-6-5-7-14(12-13)21(18,19)17-10-11-20-16-9-4-3-8-15(16)17/h5-7,12,15-16H,2-4,8-11H2,1H3/t15-,16+/m1/s1. The van der Waals surface area contributed by atoms with E-state index < -0.39 is 10.0 Å². The summed E-state index contributed by atoms with van der Waals surface area (Å²) >= 11 is 0. The molecule has 5 heteroatoms. The fourth-order valence-corrected chi connectivity index (χ4v) is 5.15. The smallest absolute Gasteiger partial charge is 0.243 e. The molecular formula is C16H23NO3S. The van der Waals surface area contributed by atoms with Crippen molar-refractivity contribution in [2.75, 3.05) is 13.2 Å². The molecule has 1 saturated heterocycles. The molecule has 0 spiro atoms. The molecule has 0 radical (unpaired) electrons. The van der Waals surface area contributed by atoms with Crippen LogP contribution in [-0.2, 0) is 21.2 Å².